The molecule has 7 rings (SSSR count). The SMILES string of the molecule is CC(C)N1CCN(C(=O)Cn2c(-c3ccc(Oc4ccccc4)cc3)c(C3CCCCC3)c3ccc(C(=O)NS(=O)(=O)C4CC4)cc32)CC1. The number of fused-ring (bicyclic) bond motifs is 1. The first-order chi connectivity index (χ1) is 23.7. The molecule has 3 aromatic carbocycles. The molecule has 0 bridgehead atoms. The van der Waals surface area contributed by atoms with Crippen LogP contribution in [0.15, 0.2) is 72.8 Å². The van der Waals surface area contributed by atoms with Crippen molar-refractivity contribution in [3.8, 4) is 22.8 Å². The maximum atomic E-state index is 14.1. The van der Waals surface area contributed by atoms with Crippen molar-refractivity contribution in [1.29, 1.82) is 0 Å². The number of ether oxygens (including phenoxy) is 1. The van der Waals surface area contributed by atoms with Gasteiger partial charge in [0.25, 0.3) is 5.91 Å². The molecule has 3 fully saturated rings. The third kappa shape index (κ3) is 7.26. The third-order valence-electron chi connectivity index (χ3n) is 10.4. The van der Waals surface area contributed by atoms with Gasteiger partial charge in [0.15, 0.2) is 0 Å². The average molecular weight is 683 g/mol. The predicted octanol–water partition coefficient (Wildman–Crippen LogP) is 6.92. The molecule has 9 nitrogen and oxygen atoms in total. The molecule has 1 aliphatic heterocycles. The van der Waals surface area contributed by atoms with Gasteiger partial charge in [-0.1, -0.05) is 43.5 Å². The molecule has 1 N–H and O–H groups in total. The maximum absolute atomic E-state index is 14.1. The van der Waals surface area contributed by atoms with E-state index in [1.54, 1.807) is 12.1 Å². The van der Waals surface area contributed by atoms with E-state index in [2.05, 4.69) is 40.2 Å². The van der Waals surface area contributed by atoms with Crippen LogP contribution in [0.25, 0.3) is 22.2 Å². The highest BCUT2D eigenvalue weighted by molar-refractivity contribution is 7.91. The van der Waals surface area contributed by atoms with Gasteiger partial charge in [0.2, 0.25) is 15.9 Å². The molecule has 2 saturated carbocycles. The molecule has 258 valence electrons. The van der Waals surface area contributed by atoms with Crippen molar-refractivity contribution in [2.45, 2.75) is 82.5 Å². The zero-order chi connectivity index (χ0) is 34.1. The van der Waals surface area contributed by atoms with Crippen LogP contribution in [0.5, 0.6) is 11.5 Å². The van der Waals surface area contributed by atoms with Gasteiger partial charge in [-0.3, -0.25) is 14.5 Å². The van der Waals surface area contributed by atoms with Crippen molar-refractivity contribution >= 4 is 32.7 Å². The van der Waals surface area contributed by atoms with E-state index < -0.39 is 21.2 Å². The summed E-state index contributed by atoms with van der Waals surface area (Å²) in [4.78, 5) is 31.8. The largest absolute Gasteiger partial charge is 0.457 e. The van der Waals surface area contributed by atoms with Gasteiger partial charge in [-0.2, -0.15) is 0 Å². The molecule has 0 radical (unpaired) electrons. The molecule has 2 heterocycles. The molecule has 1 aromatic heterocycles. The second kappa shape index (κ2) is 14.0. The van der Waals surface area contributed by atoms with Crippen LogP contribution in [0.2, 0.25) is 0 Å². The number of para-hydroxylation sites is 1. The number of benzene rings is 3. The molecule has 49 heavy (non-hydrogen) atoms. The highest BCUT2D eigenvalue weighted by atomic mass is 32.2. The van der Waals surface area contributed by atoms with Gasteiger partial charge >= 0.3 is 0 Å². The van der Waals surface area contributed by atoms with Gasteiger partial charge in [-0.15, -0.1) is 0 Å². The number of piperazine rings is 1. The van der Waals surface area contributed by atoms with Crippen molar-refractivity contribution in [1.82, 2.24) is 19.1 Å². The van der Waals surface area contributed by atoms with E-state index in [1.807, 2.05) is 53.4 Å². The summed E-state index contributed by atoms with van der Waals surface area (Å²) in [6.45, 7) is 7.48. The summed E-state index contributed by atoms with van der Waals surface area (Å²) in [7, 11) is -3.71. The second-order valence-electron chi connectivity index (χ2n) is 14.0. The predicted molar refractivity (Wildman–Crippen MR) is 192 cm³/mol. The van der Waals surface area contributed by atoms with Gasteiger partial charge in [-0.25, -0.2) is 13.1 Å². The van der Waals surface area contributed by atoms with Crippen molar-refractivity contribution in [2.75, 3.05) is 26.2 Å². The molecule has 3 aliphatic rings. The minimum atomic E-state index is -3.71. The van der Waals surface area contributed by atoms with Crippen molar-refractivity contribution in [3.63, 3.8) is 0 Å². The highest BCUT2D eigenvalue weighted by Gasteiger charge is 2.37. The van der Waals surface area contributed by atoms with Crippen LogP contribution < -0.4 is 9.46 Å². The lowest BCUT2D eigenvalue weighted by Gasteiger charge is -2.37. The normalized spacial score (nSPS) is 17.8. The number of rotatable bonds is 10. The van der Waals surface area contributed by atoms with Crippen molar-refractivity contribution in [3.05, 3.63) is 83.9 Å². The van der Waals surface area contributed by atoms with Crippen molar-refractivity contribution in [2.24, 2.45) is 0 Å². The molecule has 2 amide bonds. The Balaban J connectivity index is 1.31. The first-order valence-corrected chi connectivity index (χ1v) is 19.3. The van der Waals surface area contributed by atoms with E-state index in [0.29, 0.717) is 43.6 Å². The van der Waals surface area contributed by atoms with E-state index >= 15 is 0 Å². The van der Waals surface area contributed by atoms with Gasteiger partial charge in [0.1, 0.15) is 18.0 Å². The fraction of sp³-hybridized carbons (Fsp3) is 0.436. The number of nitrogens with one attached hydrogen (secondary N) is 1. The number of carbonyl (C=O) groups excluding carboxylic acids is 2. The lowest BCUT2D eigenvalue weighted by Crippen LogP contribution is -2.51. The summed E-state index contributed by atoms with van der Waals surface area (Å²) in [5.74, 6) is 1.16. The molecular weight excluding hydrogens is 637 g/mol. The first-order valence-electron chi connectivity index (χ1n) is 17.7. The highest BCUT2D eigenvalue weighted by Crippen LogP contribution is 2.45. The van der Waals surface area contributed by atoms with Crippen molar-refractivity contribution < 1.29 is 22.7 Å². The fourth-order valence-electron chi connectivity index (χ4n) is 7.48. The zero-order valence-electron chi connectivity index (χ0n) is 28.4. The van der Waals surface area contributed by atoms with Crippen LogP contribution in [0.4, 0.5) is 0 Å². The summed E-state index contributed by atoms with van der Waals surface area (Å²) in [5.41, 5.74) is 4.18. The number of sulfonamides is 1. The molecule has 0 unspecified atom stereocenters. The lowest BCUT2D eigenvalue weighted by atomic mass is 9.81. The summed E-state index contributed by atoms with van der Waals surface area (Å²) in [6, 6.07) is 23.6. The van der Waals surface area contributed by atoms with Crippen LogP contribution in [0.1, 0.15) is 80.6 Å². The number of amides is 2. The number of carbonyl (C=O) groups is 2. The van der Waals surface area contributed by atoms with Crippen LogP contribution in [-0.2, 0) is 21.4 Å². The van der Waals surface area contributed by atoms with Crippen LogP contribution in [-0.4, -0.2) is 72.1 Å². The molecule has 1 saturated heterocycles. The fourth-order valence-corrected chi connectivity index (χ4v) is 8.78. The van der Waals surface area contributed by atoms with E-state index in [-0.39, 0.29) is 18.0 Å². The third-order valence-corrected chi connectivity index (χ3v) is 12.2. The molecule has 0 spiro atoms. The quantitative estimate of drug-likeness (QED) is 0.195. The Morgan fingerprint density at radius 2 is 1.51 bits per heavy atom. The zero-order valence-corrected chi connectivity index (χ0v) is 29.3. The monoisotopic (exact) mass is 682 g/mol. The standard InChI is InChI=1S/C39H46N4O5S/c1-27(2)41-21-23-42(24-22-41)36(44)26-43-35-25-30(39(45)40-49(46,47)33-18-19-33)15-20-34(35)37(28-9-5-3-6-10-28)38(43)29-13-16-32(17-14-29)48-31-11-7-4-8-12-31/h4,7-8,11-17,20,25,27-28,33H,3,5-6,9-10,18-19,21-24,26H2,1-2H3,(H,40,45). The second-order valence-corrected chi connectivity index (χ2v) is 16.0. The Labute approximate surface area is 289 Å². The van der Waals surface area contributed by atoms with E-state index in [1.165, 1.54) is 12.0 Å². The molecular formula is C39H46N4O5S. The molecule has 2 aliphatic carbocycles. The molecule has 0 atom stereocenters. The van der Waals surface area contributed by atoms with Gasteiger partial charge in [0.05, 0.1) is 16.5 Å². The number of nitrogens with zero attached hydrogens (tertiary/aromatic N) is 3. The molecule has 10 heteroatoms. The van der Waals surface area contributed by atoms with Crippen LogP contribution >= 0.6 is 0 Å². The minimum Gasteiger partial charge on any atom is -0.457 e. The number of hydrogen-bond donors (Lipinski definition) is 1. The Bertz CT molecular complexity index is 1920. The average Bonchev–Trinajstić information content (AvgIpc) is 3.94. The Morgan fingerprint density at radius 3 is 2.16 bits per heavy atom. The lowest BCUT2D eigenvalue weighted by molar-refractivity contribution is -0.133. The van der Waals surface area contributed by atoms with Gasteiger partial charge < -0.3 is 14.2 Å². The van der Waals surface area contributed by atoms with E-state index in [9.17, 15) is 18.0 Å². The van der Waals surface area contributed by atoms with Crippen LogP contribution in [0.3, 0.4) is 0 Å². The van der Waals surface area contributed by atoms with Gasteiger partial charge in [0, 0.05) is 43.2 Å². The summed E-state index contributed by atoms with van der Waals surface area (Å²) < 4.78 is 35.9. The first kappa shape index (κ1) is 33.4. The Morgan fingerprint density at radius 1 is 0.837 bits per heavy atom. The summed E-state index contributed by atoms with van der Waals surface area (Å²) >= 11 is 0. The van der Waals surface area contributed by atoms with Crippen LogP contribution in [0, 0.1) is 0 Å². The van der Waals surface area contributed by atoms with E-state index in [4.69, 9.17) is 4.74 Å². The number of aromatic nitrogens is 1. The van der Waals surface area contributed by atoms with Gasteiger partial charge in [-0.05, 0) is 105 Å². The van der Waals surface area contributed by atoms with E-state index in [0.717, 1.165) is 66.7 Å². The Hall–Kier alpha value is -4.15. The molecule has 4 aromatic rings. The number of hydrogen-bond acceptors (Lipinski definition) is 6. The Kier molecular flexibility index (Phi) is 9.53. The summed E-state index contributed by atoms with van der Waals surface area (Å²) in [5, 5.41) is 0.502. The smallest absolute Gasteiger partial charge is 0.264 e. The summed E-state index contributed by atoms with van der Waals surface area (Å²) in [6.07, 6.45) is 6.72. The topological polar surface area (TPSA) is 101 Å². The minimum absolute atomic E-state index is 0.0342. The maximum Gasteiger partial charge on any atom is 0.264 e.